The first-order chi connectivity index (χ1) is 9.92. The zero-order valence-electron chi connectivity index (χ0n) is 10.7. The highest BCUT2D eigenvalue weighted by molar-refractivity contribution is 7.85. The molecule has 3 N–H and O–H groups in total. The van der Waals surface area contributed by atoms with Gasteiger partial charge in [0.05, 0.1) is 11.1 Å². The summed E-state index contributed by atoms with van der Waals surface area (Å²) in [6.07, 6.45) is -4.85. The molecule has 1 rings (SSSR count). The molecule has 0 bridgehead atoms. The molecule has 11 heteroatoms. The molecule has 1 atom stereocenters. The lowest BCUT2D eigenvalue weighted by atomic mass is 10.1. The topological polar surface area (TPSA) is 121 Å². The minimum absolute atomic E-state index is 0.619. The molecule has 0 saturated heterocycles. The molecular formula is C11H10F3NO6S. The fraction of sp³-hybridized carbons (Fsp3) is 0.273. The number of nitrogens with one attached hydrogen (secondary N) is 1. The number of alkyl halides is 3. The number of rotatable bonds is 5. The third-order valence-electron chi connectivity index (χ3n) is 2.46. The predicted molar refractivity (Wildman–Crippen MR) is 66.7 cm³/mol. The number of halogens is 3. The number of carbonyl (C=O) groups is 2. The molecule has 0 aliphatic heterocycles. The van der Waals surface area contributed by atoms with E-state index in [1.165, 1.54) is 0 Å². The number of aliphatic carboxylic acids is 1. The molecule has 0 heterocycles. The SMILES string of the molecule is O=C(N[C@@H](CS(=O)(=O)O)C(=O)O)c1ccccc1C(F)(F)F. The highest BCUT2D eigenvalue weighted by Crippen LogP contribution is 2.31. The lowest BCUT2D eigenvalue weighted by Gasteiger charge is -2.16. The van der Waals surface area contributed by atoms with Crippen molar-refractivity contribution in [1.82, 2.24) is 5.32 Å². The average molecular weight is 341 g/mol. The van der Waals surface area contributed by atoms with Crippen LogP contribution in [-0.4, -0.2) is 41.7 Å². The van der Waals surface area contributed by atoms with Gasteiger partial charge in [-0.15, -0.1) is 0 Å². The standard InChI is InChI=1S/C11H10F3NO6S/c12-11(13,14)7-4-2-1-3-6(7)9(16)15-8(10(17)18)5-22(19,20)21/h1-4,8H,5H2,(H,15,16)(H,17,18)(H,19,20,21)/t8-/m0/s1. The molecule has 0 spiro atoms. The van der Waals surface area contributed by atoms with Crippen LogP contribution >= 0.6 is 0 Å². The summed E-state index contributed by atoms with van der Waals surface area (Å²) in [5, 5.41) is 10.4. The van der Waals surface area contributed by atoms with Crippen LogP contribution in [0.2, 0.25) is 0 Å². The quantitative estimate of drug-likeness (QED) is 0.681. The Kier molecular flexibility index (Phi) is 5.14. The van der Waals surface area contributed by atoms with Crippen molar-refractivity contribution in [3.63, 3.8) is 0 Å². The van der Waals surface area contributed by atoms with E-state index in [0.29, 0.717) is 6.07 Å². The number of benzene rings is 1. The molecular weight excluding hydrogens is 331 g/mol. The number of carbonyl (C=O) groups excluding carboxylic acids is 1. The van der Waals surface area contributed by atoms with E-state index in [9.17, 15) is 31.2 Å². The van der Waals surface area contributed by atoms with Crippen LogP contribution in [-0.2, 0) is 21.1 Å². The van der Waals surface area contributed by atoms with E-state index in [2.05, 4.69) is 0 Å². The van der Waals surface area contributed by atoms with Gasteiger partial charge in [-0.2, -0.15) is 21.6 Å². The summed E-state index contributed by atoms with van der Waals surface area (Å²) in [4.78, 5) is 22.6. The van der Waals surface area contributed by atoms with E-state index in [0.717, 1.165) is 18.2 Å². The van der Waals surface area contributed by atoms with Gasteiger partial charge in [0.25, 0.3) is 16.0 Å². The van der Waals surface area contributed by atoms with Gasteiger partial charge >= 0.3 is 12.1 Å². The fourth-order valence-electron chi connectivity index (χ4n) is 1.55. The van der Waals surface area contributed by atoms with Gasteiger partial charge in [0.15, 0.2) is 0 Å². The number of carboxylic acids is 1. The van der Waals surface area contributed by atoms with Gasteiger partial charge in [-0.25, -0.2) is 4.79 Å². The first-order valence-electron chi connectivity index (χ1n) is 5.57. The van der Waals surface area contributed by atoms with Crippen molar-refractivity contribution in [3.05, 3.63) is 35.4 Å². The highest BCUT2D eigenvalue weighted by Gasteiger charge is 2.36. The van der Waals surface area contributed by atoms with Gasteiger partial charge in [-0.05, 0) is 12.1 Å². The summed E-state index contributed by atoms with van der Waals surface area (Å²) >= 11 is 0. The van der Waals surface area contributed by atoms with Crippen LogP contribution in [0.1, 0.15) is 15.9 Å². The molecule has 0 aromatic heterocycles. The second kappa shape index (κ2) is 6.32. The van der Waals surface area contributed by atoms with Crippen molar-refractivity contribution in [2.75, 3.05) is 5.75 Å². The van der Waals surface area contributed by atoms with E-state index < -0.39 is 51.1 Å². The van der Waals surface area contributed by atoms with Gasteiger partial charge < -0.3 is 10.4 Å². The highest BCUT2D eigenvalue weighted by atomic mass is 32.2. The van der Waals surface area contributed by atoms with Crippen molar-refractivity contribution < 1.29 is 40.8 Å². The number of hydrogen-bond acceptors (Lipinski definition) is 4. The van der Waals surface area contributed by atoms with E-state index in [4.69, 9.17) is 9.66 Å². The van der Waals surface area contributed by atoms with Crippen molar-refractivity contribution in [2.45, 2.75) is 12.2 Å². The smallest absolute Gasteiger partial charge is 0.417 e. The zero-order valence-corrected chi connectivity index (χ0v) is 11.5. The molecule has 0 radical (unpaired) electrons. The Labute approximate surface area is 122 Å². The Balaban J connectivity index is 3.09. The number of amides is 1. The molecule has 7 nitrogen and oxygen atoms in total. The second-order valence-corrected chi connectivity index (χ2v) is 5.65. The van der Waals surface area contributed by atoms with Gasteiger partial charge in [0, 0.05) is 0 Å². The Morgan fingerprint density at radius 2 is 1.77 bits per heavy atom. The van der Waals surface area contributed by atoms with Crippen LogP contribution in [0.5, 0.6) is 0 Å². The lowest BCUT2D eigenvalue weighted by Crippen LogP contribution is -2.45. The normalized spacial score (nSPS) is 13.5. The summed E-state index contributed by atoms with van der Waals surface area (Å²) in [6, 6.07) is 1.50. The monoisotopic (exact) mass is 341 g/mol. The third-order valence-corrected chi connectivity index (χ3v) is 3.21. The second-order valence-electron chi connectivity index (χ2n) is 4.16. The molecule has 0 aliphatic carbocycles. The largest absolute Gasteiger partial charge is 0.480 e. The van der Waals surface area contributed by atoms with Crippen LogP contribution in [0.25, 0.3) is 0 Å². The minimum Gasteiger partial charge on any atom is -0.480 e. The van der Waals surface area contributed by atoms with Gasteiger partial charge in [0.2, 0.25) is 0 Å². The van der Waals surface area contributed by atoms with Crippen LogP contribution in [0, 0.1) is 0 Å². The van der Waals surface area contributed by atoms with Crippen molar-refractivity contribution in [2.24, 2.45) is 0 Å². The van der Waals surface area contributed by atoms with Crippen LogP contribution in [0.3, 0.4) is 0 Å². The molecule has 0 fully saturated rings. The summed E-state index contributed by atoms with van der Waals surface area (Å²) in [6.45, 7) is 0. The summed E-state index contributed by atoms with van der Waals surface area (Å²) in [7, 11) is -4.75. The minimum atomic E-state index is -4.85. The lowest BCUT2D eigenvalue weighted by molar-refractivity contribution is -0.138. The van der Waals surface area contributed by atoms with E-state index >= 15 is 0 Å². The maximum atomic E-state index is 12.7. The maximum absolute atomic E-state index is 12.7. The first kappa shape index (κ1) is 17.9. The van der Waals surface area contributed by atoms with E-state index in [1.807, 2.05) is 0 Å². The van der Waals surface area contributed by atoms with Crippen molar-refractivity contribution in [3.8, 4) is 0 Å². The summed E-state index contributed by atoms with van der Waals surface area (Å²) in [5.41, 5.74) is -2.17. The summed E-state index contributed by atoms with van der Waals surface area (Å²) < 4.78 is 68.1. The van der Waals surface area contributed by atoms with Crippen LogP contribution in [0.4, 0.5) is 13.2 Å². The van der Waals surface area contributed by atoms with Gasteiger partial charge in [-0.3, -0.25) is 9.35 Å². The molecule has 0 saturated carbocycles. The molecule has 122 valence electrons. The molecule has 1 amide bonds. The molecule has 0 unspecified atom stereocenters. The van der Waals surface area contributed by atoms with Gasteiger partial charge in [-0.1, -0.05) is 12.1 Å². The zero-order chi connectivity index (χ0) is 17.1. The Morgan fingerprint density at radius 3 is 2.23 bits per heavy atom. The van der Waals surface area contributed by atoms with Gasteiger partial charge in [0.1, 0.15) is 11.8 Å². The molecule has 0 aliphatic rings. The van der Waals surface area contributed by atoms with E-state index in [-0.39, 0.29) is 0 Å². The number of hydrogen-bond donors (Lipinski definition) is 3. The molecule has 1 aromatic rings. The molecule has 22 heavy (non-hydrogen) atoms. The molecule has 1 aromatic carbocycles. The Hall–Kier alpha value is -2.14. The summed E-state index contributed by atoms with van der Waals surface area (Å²) in [5.74, 6) is -4.62. The average Bonchev–Trinajstić information content (AvgIpc) is 2.35. The Morgan fingerprint density at radius 1 is 1.23 bits per heavy atom. The van der Waals surface area contributed by atoms with E-state index in [1.54, 1.807) is 5.32 Å². The van der Waals surface area contributed by atoms with Crippen molar-refractivity contribution in [1.29, 1.82) is 0 Å². The van der Waals surface area contributed by atoms with Crippen molar-refractivity contribution >= 4 is 22.0 Å². The fourth-order valence-corrected chi connectivity index (χ4v) is 2.20. The van der Waals surface area contributed by atoms with Crippen LogP contribution < -0.4 is 5.32 Å². The Bertz CT molecular complexity index is 685. The predicted octanol–water partition coefficient (Wildman–Crippen LogP) is 0.776. The third kappa shape index (κ3) is 5.00. The number of carboxylic acid groups (broad SMARTS) is 1. The first-order valence-corrected chi connectivity index (χ1v) is 7.18. The maximum Gasteiger partial charge on any atom is 0.417 e. The van der Waals surface area contributed by atoms with Crippen LogP contribution in [0.15, 0.2) is 24.3 Å².